The molecule has 0 radical (unpaired) electrons. The van der Waals surface area contributed by atoms with Crippen LogP contribution in [0.1, 0.15) is 5.56 Å². The number of nitrogens with one attached hydrogen (secondary N) is 1. The number of thiocarbonyl (C=S) groups is 1. The molecule has 0 atom stereocenters. The second kappa shape index (κ2) is 5.41. The lowest BCUT2D eigenvalue weighted by Crippen LogP contribution is -2.12. The van der Waals surface area contributed by atoms with E-state index in [1.54, 1.807) is 30.5 Å². The number of pyridine rings is 1. The normalized spacial score (nSPS) is 10.1. The zero-order valence-electron chi connectivity index (χ0n) is 9.15. The summed E-state index contributed by atoms with van der Waals surface area (Å²) in [5.74, 6) is 0.152. The number of halogens is 2. The predicted molar refractivity (Wildman–Crippen MR) is 77.5 cm³/mol. The van der Waals surface area contributed by atoms with Crippen molar-refractivity contribution in [1.82, 2.24) is 4.98 Å². The number of nitrogens with two attached hydrogens (primary N) is 1. The second-order valence-corrected chi connectivity index (χ2v) is 4.81. The van der Waals surface area contributed by atoms with Gasteiger partial charge in [0, 0.05) is 11.9 Å². The van der Waals surface area contributed by atoms with Gasteiger partial charge in [0.05, 0.1) is 10.0 Å². The van der Waals surface area contributed by atoms with Crippen molar-refractivity contribution >= 4 is 44.6 Å². The second-order valence-electron chi connectivity index (χ2n) is 3.52. The molecule has 18 heavy (non-hydrogen) atoms. The molecule has 1 aromatic heterocycles. The molecule has 0 bridgehead atoms. The van der Waals surface area contributed by atoms with Crippen LogP contribution in [-0.4, -0.2) is 9.97 Å². The van der Waals surface area contributed by atoms with Crippen LogP contribution in [0.15, 0.2) is 41.0 Å². The topological polar surface area (TPSA) is 50.9 Å². The van der Waals surface area contributed by atoms with Crippen LogP contribution in [0.4, 0.5) is 15.9 Å². The zero-order chi connectivity index (χ0) is 13.1. The Hall–Kier alpha value is -1.53. The molecular formula is C12H9BrFN3S. The van der Waals surface area contributed by atoms with E-state index in [4.69, 9.17) is 18.0 Å². The maximum Gasteiger partial charge on any atom is 0.140 e. The van der Waals surface area contributed by atoms with Gasteiger partial charge in [-0.2, -0.15) is 0 Å². The number of rotatable bonds is 3. The lowest BCUT2D eigenvalue weighted by molar-refractivity contribution is 0.622. The molecule has 0 aliphatic heterocycles. The Balaban J connectivity index is 2.34. The summed E-state index contributed by atoms with van der Waals surface area (Å²) in [6, 6.07) is 8.20. The summed E-state index contributed by atoms with van der Waals surface area (Å²) < 4.78 is 13.8. The van der Waals surface area contributed by atoms with E-state index in [1.165, 1.54) is 6.07 Å². The monoisotopic (exact) mass is 325 g/mol. The van der Waals surface area contributed by atoms with Crippen molar-refractivity contribution in [3.8, 4) is 0 Å². The molecule has 3 nitrogen and oxygen atoms in total. The largest absolute Gasteiger partial charge is 0.389 e. The van der Waals surface area contributed by atoms with E-state index in [0.717, 1.165) is 0 Å². The van der Waals surface area contributed by atoms with Crippen molar-refractivity contribution in [3.05, 3.63) is 52.4 Å². The van der Waals surface area contributed by atoms with Crippen LogP contribution < -0.4 is 11.1 Å². The minimum atomic E-state index is -0.354. The summed E-state index contributed by atoms with van der Waals surface area (Å²) in [5, 5.41) is 2.98. The summed E-state index contributed by atoms with van der Waals surface area (Å²) in [6.07, 6.45) is 1.61. The lowest BCUT2D eigenvalue weighted by Gasteiger charge is -2.10. The molecule has 0 saturated heterocycles. The van der Waals surface area contributed by atoms with Gasteiger partial charge in [-0.05, 0) is 46.3 Å². The minimum Gasteiger partial charge on any atom is -0.389 e. The first-order valence-corrected chi connectivity index (χ1v) is 6.25. The van der Waals surface area contributed by atoms with E-state index < -0.39 is 0 Å². The van der Waals surface area contributed by atoms with Crippen LogP contribution in [0.5, 0.6) is 0 Å². The smallest absolute Gasteiger partial charge is 0.140 e. The molecule has 0 aliphatic carbocycles. The number of aromatic nitrogens is 1. The molecule has 2 aromatic rings. The Bertz CT molecular complexity index is 604. The molecule has 2 rings (SSSR count). The van der Waals surface area contributed by atoms with Crippen LogP contribution in [0.2, 0.25) is 0 Å². The Morgan fingerprint density at radius 3 is 2.83 bits per heavy atom. The van der Waals surface area contributed by atoms with Crippen LogP contribution in [0.3, 0.4) is 0 Å². The lowest BCUT2D eigenvalue weighted by atomic mass is 10.2. The molecule has 0 saturated carbocycles. The molecule has 0 aliphatic rings. The molecule has 6 heteroatoms. The molecule has 0 unspecified atom stereocenters. The van der Waals surface area contributed by atoms with Crippen LogP contribution in [0, 0.1) is 5.82 Å². The van der Waals surface area contributed by atoms with Gasteiger partial charge in [-0.15, -0.1) is 0 Å². The highest BCUT2D eigenvalue weighted by Gasteiger charge is 2.07. The number of benzene rings is 1. The van der Waals surface area contributed by atoms with Crippen molar-refractivity contribution in [2.24, 2.45) is 5.73 Å². The molecule has 1 heterocycles. The fourth-order valence-electron chi connectivity index (χ4n) is 1.41. The fourth-order valence-corrected chi connectivity index (χ4v) is 1.83. The van der Waals surface area contributed by atoms with Crippen molar-refractivity contribution in [3.63, 3.8) is 0 Å². The molecule has 3 N–H and O–H groups in total. The molecular weight excluding hydrogens is 317 g/mol. The average Bonchev–Trinajstić information content (AvgIpc) is 2.34. The highest BCUT2D eigenvalue weighted by molar-refractivity contribution is 9.10. The van der Waals surface area contributed by atoms with E-state index in [0.29, 0.717) is 21.5 Å². The van der Waals surface area contributed by atoms with Gasteiger partial charge in [-0.1, -0.05) is 12.2 Å². The summed E-state index contributed by atoms with van der Waals surface area (Å²) in [6.45, 7) is 0. The first-order valence-electron chi connectivity index (χ1n) is 5.05. The van der Waals surface area contributed by atoms with Gasteiger partial charge in [-0.25, -0.2) is 9.37 Å². The van der Waals surface area contributed by atoms with E-state index in [2.05, 4.69) is 26.2 Å². The van der Waals surface area contributed by atoms with Crippen LogP contribution >= 0.6 is 28.1 Å². The van der Waals surface area contributed by atoms with Gasteiger partial charge >= 0.3 is 0 Å². The highest BCUT2D eigenvalue weighted by atomic mass is 79.9. The van der Waals surface area contributed by atoms with Gasteiger partial charge in [0.15, 0.2) is 0 Å². The van der Waals surface area contributed by atoms with Gasteiger partial charge < -0.3 is 11.1 Å². The Labute approximate surface area is 117 Å². The maximum absolute atomic E-state index is 13.4. The summed E-state index contributed by atoms with van der Waals surface area (Å²) in [5.41, 5.74) is 6.79. The Morgan fingerprint density at radius 1 is 1.39 bits per heavy atom. The van der Waals surface area contributed by atoms with Crippen molar-refractivity contribution < 1.29 is 4.39 Å². The fraction of sp³-hybridized carbons (Fsp3) is 0. The van der Waals surface area contributed by atoms with Crippen molar-refractivity contribution in [2.75, 3.05) is 5.32 Å². The van der Waals surface area contributed by atoms with Gasteiger partial charge in [-0.3, -0.25) is 0 Å². The predicted octanol–water partition coefficient (Wildman–Crippen LogP) is 3.36. The highest BCUT2D eigenvalue weighted by Crippen LogP contribution is 2.23. The number of hydrogen-bond acceptors (Lipinski definition) is 3. The van der Waals surface area contributed by atoms with Gasteiger partial charge in [0.2, 0.25) is 0 Å². The van der Waals surface area contributed by atoms with Gasteiger partial charge in [0.25, 0.3) is 0 Å². The third-order valence-corrected chi connectivity index (χ3v) is 3.12. The molecule has 0 fully saturated rings. The molecule has 0 spiro atoms. The van der Waals surface area contributed by atoms with Crippen molar-refractivity contribution in [1.29, 1.82) is 0 Å². The quantitative estimate of drug-likeness (QED) is 0.849. The number of nitrogens with zero attached hydrogens (tertiary/aromatic N) is 1. The van der Waals surface area contributed by atoms with Gasteiger partial charge in [0.1, 0.15) is 16.6 Å². The molecule has 0 amide bonds. The molecule has 1 aromatic carbocycles. The zero-order valence-corrected chi connectivity index (χ0v) is 11.6. The first kappa shape index (κ1) is 12.9. The maximum atomic E-state index is 13.4. The van der Waals surface area contributed by atoms with Crippen LogP contribution in [-0.2, 0) is 0 Å². The van der Waals surface area contributed by atoms with E-state index in [9.17, 15) is 4.39 Å². The summed E-state index contributed by atoms with van der Waals surface area (Å²) in [7, 11) is 0. The number of anilines is 2. The standard InChI is InChI=1S/C12H9BrFN3S/c13-9-4-3-7(6-10(9)14)17-12-8(11(15)18)2-1-5-16-12/h1-6H,(H2,15,18)(H,16,17). The molecule has 92 valence electrons. The van der Waals surface area contributed by atoms with E-state index >= 15 is 0 Å². The third-order valence-electron chi connectivity index (χ3n) is 2.26. The summed E-state index contributed by atoms with van der Waals surface area (Å²) >= 11 is 8.02. The third kappa shape index (κ3) is 2.83. The Kier molecular flexibility index (Phi) is 3.88. The SMILES string of the molecule is NC(=S)c1cccnc1Nc1ccc(Br)c(F)c1. The Morgan fingerprint density at radius 2 is 2.17 bits per heavy atom. The van der Waals surface area contributed by atoms with E-state index in [1.807, 2.05) is 0 Å². The van der Waals surface area contributed by atoms with Crippen molar-refractivity contribution in [2.45, 2.75) is 0 Å². The van der Waals surface area contributed by atoms with E-state index in [-0.39, 0.29) is 10.8 Å². The minimum absolute atomic E-state index is 0.239. The number of hydrogen-bond donors (Lipinski definition) is 2. The average molecular weight is 326 g/mol. The first-order chi connectivity index (χ1) is 8.58. The van der Waals surface area contributed by atoms with Crippen LogP contribution in [0.25, 0.3) is 0 Å². The summed E-state index contributed by atoms with van der Waals surface area (Å²) in [4.78, 5) is 4.37.